The molecule has 1 unspecified atom stereocenters. The Morgan fingerprint density at radius 1 is 1.16 bits per heavy atom. The van der Waals surface area contributed by atoms with E-state index >= 15 is 0 Å². The summed E-state index contributed by atoms with van der Waals surface area (Å²) in [6.45, 7) is 9.30. The first-order chi connectivity index (χ1) is 11.8. The Bertz CT molecular complexity index is 764. The molecule has 2 rings (SSSR count). The van der Waals surface area contributed by atoms with Gasteiger partial charge in [-0.3, -0.25) is 0 Å². The molecule has 0 amide bonds. The summed E-state index contributed by atoms with van der Waals surface area (Å²) < 4.78 is 5.38. The summed E-state index contributed by atoms with van der Waals surface area (Å²) in [5.41, 5.74) is 7.33. The van der Waals surface area contributed by atoms with Gasteiger partial charge in [-0.1, -0.05) is 41.9 Å². The van der Waals surface area contributed by atoms with Crippen LogP contribution in [0.4, 0.5) is 0 Å². The fourth-order valence-corrected chi connectivity index (χ4v) is 3.56. The molecule has 0 fully saturated rings. The van der Waals surface area contributed by atoms with E-state index in [9.17, 15) is 0 Å². The Morgan fingerprint density at radius 2 is 1.80 bits per heavy atom. The second-order valence-electron chi connectivity index (χ2n) is 6.86. The third-order valence-electron chi connectivity index (χ3n) is 4.77. The second kappa shape index (κ2) is 8.18. The lowest BCUT2D eigenvalue weighted by atomic mass is 9.87. The largest absolute Gasteiger partial charge is 0.382 e. The van der Waals surface area contributed by atoms with Gasteiger partial charge in [0.25, 0.3) is 0 Å². The van der Waals surface area contributed by atoms with Gasteiger partial charge in [0.2, 0.25) is 0 Å². The fraction of sp³-hybridized carbons (Fsp3) is 0.364. The van der Waals surface area contributed by atoms with Crippen LogP contribution in [0, 0.1) is 13.8 Å². The molecular weight excluding hydrogens is 330 g/mol. The Balaban J connectivity index is 2.54. The number of aryl methyl sites for hydroxylation is 1. The smallest absolute Gasteiger partial charge is 0.0677 e. The van der Waals surface area contributed by atoms with Crippen LogP contribution in [-0.2, 0) is 4.74 Å². The number of nitrogens with one attached hydrogen (secondary N) is 1. The maximum absolute atomic E-state index is 6.04. The average Bonchev–Trinajstić information content (AvgIpc) is 2.56. The van der Waals surface area contributed by atoms with E-state index in [1.807, 2.05) is 19.2 Å². The van der Waals surface area contributed by atoms with Crippen molar-refractivity contribution in [2.75, 3.05) is 20.8 Å². The van der Waals surface area contributed by atoms with Crippen molar-refractivity contribution in [2.24, 2.45) is 0 Å². The van der Waals surface area contributed by atoms with Gasteiger partial charge in [0, 0.05) is 12.1 Å². The van der Waals surface area contributed by atoms with E-state index in [1.165, 1.54) is 33.4 Å². The molecule has 1 N–H and O–H groups in total. The molecule has 134 valence electrons. The van der Waals surface area contributed by atoms with Crippen LogP contribution in [0.2, 0.25) is 5.02 Å². The lowest BCUT2D eigenvalue weighted by molar-refractivity contribution is 0.147. The van der Waals surface area contributed by atoms with E-state index in [-0.39, 0.29) is 5.54 Å². The molecule has 2 aromatic rings. The van der Waals surface area contributed by atoms with Crippen molar-refractivity contribution in [3.05, 3.63) is 64.2 Å². The molecule has 0 spiro atoms. The first-order valence-corrected chi connectivity index (χ1v) is 8.93. The van der Waals surface area contributed by atoms with Crippen LogP contribution in [-0.4, -0.2) is 26.3 Å². The fourth-order valence-electron chi connectivity index (χ4n) is 3.43. The summed E-state index contributed by atoms with van der Waals surface area (Å²) in [5.74, 6) is 0. The lowest BCUT2D eigenvalue weighted by Crippen LogP contribution is -2.42. The van der Waals surface area contributed by atoms with Gasteiger partial charge in [0.05, 0.1) is 12.1 Å². The van der Waals surface area contributed by atoms with Gasteiger partial charge in [0.15, 0.2) is 0 Å². The second-order valence-corrected chi connectivity index (χ2v) is 7.30. The van der Waals surface area contributed by atoms with E-state index in [1.54, 1.807) is 7.11 Å². The van der Waals surface area contributed by atoms with Crippen LogP contribution in [0.15, 0.2) is 42.5 Å². The number of hydrogen-bond acceptors (Lipinski definition) is 2. The Morgan fingerprint density at radius 3 is 2.36 bits per heavy atom. The van der Waals surface area contributed by atoms with Gasteiger partial charge < -0.3 is 10.1 Å². The molecule has 0 saturated heterocycles. The molecule has 2 nitrogen and oxygen atoms in total. The Labute approximate surface area is 156 Å². The van der Waals surface area contributed by atoms with Gasteiger partial charge >= 0.3 is 0 Å². The molecule has 25 heavy (non-hydrogen) atoms. The predicted molar refractivity (Wildman–Crippen MR) is 109 cm³/mol. The molecule has 0 aliphatic heterocycles. The molecule has 0 aliphatic rings. The zero-order valence-electron chi connectivity index (χ0n) is 16.0. The summed E-state index contributed by atoms with van der Waals surface area (Å²) in [6.07, 6.45) is 2.26. The number of methoxy groups -OCH3 is 1. The highest BCUT2D eigenvalue weighted by atomic mass is 35.5. The summed E-state index contributed by atoms with van der Waals surface area (Å²) in [4.78, 5) is 0. The zero-order chi connectivity index (χ0) is 18.6. The SMILES string of the molecule is CNC(C)(/C=C(\C)c1c(C)ccc(-c2ccc(Cl)cc2)c1C)COC. The molecule has 1 atom stereocenters. The molecule has 3 heteroatoms. The van der Waals surface area contributed by atoms with Gasteiger partial charge in [-0.15, -0.1) is 0 Å². The van der Waals surface area contributed by atoms with Crippen molar-refractivity contribution < 1.29 is 4.74 Å². The van der Waals surface area contributed by atoms with Crippen molar-refractivity contribution in [2.45, 2.75) is 33.2 Å². The molecule has 0 aromatic heterocycles. The predicted octanol–water partition coefficient (Wildman–Crippen LogP) is 5.65. The quantitative estimate of drug-likeness (QED) is 0.721. The Hall–Kier alpha value is -1.61. The number of benzene rings is 2. The van der Waals surface area contributed by atoms with Crippen molar-refractivity contribution in [1.29, 1.82) is 0 Å². The van der Waals surface area contributed by atoms with Crippen LogP contribution in [0.1, 0.15) is 30.5 Å². The first-order valence-electron chi connectivity index (χ1n) is 8.55. The number of rotatable bonds is 6. The molecule has 0 radical (unpaired) electrons. The van der Waals surface area contributed by atoms with Crippen molar-refractivity contribution in [1.82, 2.24) is 5.32 Å². The van der Waals surface area contributed by atoms with Crippen molar-refractivity contribution >= 4 is 17.2 Å². The van der Waals surface area contributed by atoms with Crippen LogP contribution in [0.5, 0.6) is 0 Å². The summed E-state index contributed by atoms with van der Waals surface area (Å²) >= 11 is 6.04. The van der Waals surface area contributed by atoms with Crippen LogP contribution in [0.25, 0.3) is 16.7 Å². The highest BCUT2D eigenvalue weighted by molar-refractivity contribution is 6.30. The van der Waals surface area contributed by atoms with E-state index < -0.39 is 0 Å². The van der Waals surface area contributed by atoms with E-state index in [0.29, 0.717) is 6.61 Å². The summed E-state index contributed by atoms with van der Waals surface area (Å²) in [5, 5.41) is 4.11. The third-order valence-corrected chi connectivity index (χ3v) is 5.03. The monoisotopic (exact) mass is 357 g/mol. The topological polar surface area (TPSA) is 21.3 Å². The number of ether oxygens (including phenoxy) is 1. The maximum atomic E-state index is 6.04. The first kappa shape index (κ1) is 19.7. The van der Waals surface area contributed by atoms with Gasteiger partial charge in [0.1, 0.15) is 0 Å². The molecule has 0 saturated carbocycles. The third kappa shape index (κ3) is 4.52. The van der Waals surface area contributed by atoms with E-state index in [4.69, 9.17) is 16.3 Å². The van der Waals surface area contributed by atoms with Crippen LogP contribution >= 0.6 is 11.6 Å². The highest BCUT2D eigenvalue weighted by Gasteiger charge is 2.20. The molecule has 0 aliphatic carbocycles. The van der Waals surface area contributed by atoms with Gasteiger partial charge in [-0.25, -0.2) is 0 Å². The lowest BCUT2D eigenvalue weighted by Gasteiger charge is -2.26. The molecule has 0 heterocycles. The number of allylic oxidation sites excluding steroid dienone is 1. The van der Waals surface area contributed by atoms with Crippen LogP contribution in [0.3, 0.4) is 0 Å². The number of likely N-dealkylation sites (N-methyl/N-ethyl adjacent to an activating group) is 1. The maximum Gasteiger partial charge on any atom is 0.0677 e. The summed E-state index contributed by atoms with van der Waals surface area (Å²) in [7, 11) is 3.70. The average molecular weight is 358 g/mol. The number of halogens is 1. The van der Waals surface area contributed by atoms with Crippen molar-refractivity contribution in [3.63, 3.8) is 0 Å². The normalized spacial score (nSPS) is 14.4. The minimum atomic E-state index is -0.200. The highest BCUT2D eigenvalue weighted by Crippen LogP contribution is 2.33. The van der Waals surface area contributed by atoms with Crippen molar-refractivity contribution in [3.8, 4) is 11.1 Å². The van der Waals surface area contributed by atoms with Gasteiger partial charge in [-0.2, -0.15) is 0 Å². The Kier molecular flexibility index (Phi) is 6.45. The molecular formula is C22H28ClNO. The number of hydrogen-bond donors (Lipinski definition) is 1. The van der Waals surface area contributed by atoms with Crippen LogP contribution < -0.4 is 5.32 Å². The minimum absolute atomic E-state index is 0.200. The summed E-state index contributed by atoms with van der Waals surface area (Å²) in [6, 6.07) is 12.4. The molecule has 0 bridgehead atoms. The standard InChI is InChI=1S/C22H28ClNO/c1-15-7-12-20(18-8-10-19(23)11-9-18)17(3)21(15)16(2)13-22(4,24-5)14-25-6/h7-13,24H,14H2,1-6H3/b16-13+. The van der Waals surface area contributed by atoms with E-state index in [0.717, 1.165) is 5.02 Å². The molecule has 2 aromatic carbocycles. The minimum Gasteiger partial charge on any atom is -0.382 e. The van der Waals surface area contributed by atoms with E-state index in [2.05, 4.69) is 63.4 Å². The van der Waals surface area contributed by atoms with Gasteiger partial charge in [-0.05, 0) is 80.3 Å². The zero-order valence-corrected chi connectivity index (χ0v) is 16.8.